The summed E-state index contributed by atoms with van der Waals surface area (Å²) >= 11 is 3.32. The molecule has 4 nitrogen and oxygen atoms in total. The lowest BCUT2D eigenvalue weighted by atomic mass is 10.1. The summed E-state index contributed by atoms with van der Waals surface area (Å²) in [5.41, 5.74) is 7.18. The maximum absolute atomic E-state index is 13.8. The summed E-state index contributed by atoms with van der Waals surface area (Å²) < 4.78 is 20.4. The van der Waals surface area contributed by atoms with E-state index in [4.69, 9.17) is 10.5 Å². The van der Waals surface area contributed by atoms with E-state index in [0.717, 1.165) is 9.86 Å². The zero-order valence-electron chi connectivity index (χ0n) is 11.8. The Morgan fingerprint density at radius 3 is 2.91 bits per heavy atom. The Morgan fingerprint density at radius 2 is 2.09 bits per heavy atom. The van der Waals surface area contributed by atoms with Gasteiger partial charge in [0.25, 0.3) is 0 Å². The van der Waals surface area contributed by atoms with Gasteiger partial charge in [-0.15, -0.1) is 0 Å². The van der Waals surface area contributed by atoms with Crippen molar-refractivity contribution in [2.75, 3.05) is 5.73 Å². The molecule has 0 radical (unpaired) electrons. The van der Waals surface area contributed by atoms with Crippen molar-refractivity contribution in [2.24, 2.45) is 0 Å². The third kappa shape index (κ3) is 2.87. The molecule has 0 amide bonds. The topological polar surface area (TPSA) is 61.0 Å². The van der Waals surface area contributed by atoms with Crippen molar-refractivity contribution in [1.29, 1.82) is 0 Å². The average Bonchev–Trinajstić information content (AvgIpc) is 2.50. The van der Waals surface area contributed by atoms with Crippen LogP contribution in [0.5, 0.6) is 5.75 Å². The number of anilines is 1. The Kier molecular flexibility index (Phi) is 3.94. The van der Waals surface area contributed by atoms with Crippen LogP contribution in [0.2, 0.25) is 0 Å². The molecule has 6 heteroatoms. The molecule has 0 unspecified atom stereocenters. The number of pyridine rings is 2. The summed E-state index contributed by atoms with van der Waals surface area (Å²) in [7, 11) is 0. The van der Waals surface area contributed by atoms with Crippen molar-refractivity contribution in [3.8, 4) is 5.75 Å². The maximum atomic E-state index is 13.8. The summed E-state index contributed by atoms with van der Waals surface area (Å²) in [5, 5.41) is 0.730. The highest BCUT2D eigenvalue weighted by Crippen LogP contribution is 2.31. The van der Waals surface area contributed by atoms with Gasteiger partial charge in [-0.2, -0.15) is 0 Å². The predicted octanol–water partition coefficient (Wildman–Crippen LogP) is 4.25. The second kappa shape index (κ2) is 5.88. The van der Waals surface area contributed by atoms with Gasteiger partial charge < -0.3 is 10.5 Å². The first-order chi connectivity index (χ1) is 10.5. The van der Waals surface area contributed by atoms with Gasteiger partial charge in [-0.25, -0.2) is 9.37 Å². The summed E-state index contributed by atoms with van der Waals surface area (Å²) in [6, 6.07) is 8.20. The summed E-state index contributed by atoms with van der Waals surface area (Å²) in [6.07, 6.45) is 2.84. The van der Waals surface area contributed by atoms with Gasteiger partial charge >= 0.3 is 0 Å². The maximum Gasteiger partial charge on any atom is 0.166 e. The second-order valence-corrected chi connectivity index (χ2v) is 5.78. The lowest BCUT2D eigenvalue weighted by Crippen LogP contribution is -2.07. The highest BCUT2D eigenvalue weighted by molar-refractivity contribution is 9.10. The van der Waals surface area contributed by atoms with E-state index in [9.17, 15) is 4.39 Å². The molecular weight excluding hydrogens is 349 g/mol. The van der Waals surface area contributed by atoms with Gasteiger partial charge in [-0.1, -0.05) is 6.07 Å². The molecule has 0 saturated carbocycles. The first kappa shape index (κ1) is 14.7. The van der Waals surface area contributed by atoms with Crippen molar-refractivity contribution in [3.63, 3.8) is 0 Å². The largest absolute Gasteiger partial charge is 0.482 e. The molecule has 1 atom stereocenters. The van der Waals surface area contributed by atoms with Crippen LogP contribution in [-0.2, 0) is 0 Å². The highest BCUT2D eigenvalue weighted by atomic mass is 79.9. The monoisotopic (exact) mass is 361 g/mol. The number of nitrogens with zero attached hydrogens (tertiary/aromatic N) is 2. The molecule has 0 aliphatic rings. The molecule has 0 aliphatic carbocycles. The number of nitrogen functional groups attached to an aromatic ring is 1. The Balaban J connectivity index is 2.02. The van der Waals surface area contributed by atoms with Crippen molar-refractivity contribution >= 4 is 32.7 Å². The summed E-state index contributed by atoms with van der Waals surface area (Å²) in [6.45, 7) is 1.82. The van der Waals surface area contributed by atoms with Crippen LogP contribution >= 0.6 is 15.9 Å². The molecule has 0 bridgehead atoms. The van der Waals surface area contributed by atoms with Gasteiger partial charge in [-0.05, 0) is 47.1 Å². The number of ether oxygens (including phenoxy) is 1. The van der Waals surface area contributed by atoms with Crippen molar-refractivity contribution in [1.82, 2.24) is 9.97 Å². The zero-order valence-corrected chi connectivity index (χ0v) is 13.3. The Morgan fingerprint density at radius 1 is 1.27 bits per heavy atom. The van der Waals surface area contributed by atoms with E-state index in [-0.39, 0.29) is 11.6 Å². The minimum atomic E-state index is -0.425. The number of aromatic nitrogens is 2. The number of halogens is 2. The second-order valence-electron chi connectivity index (χ2n) is 4.87. The van der Waals surface area contributed by atoms with Gasteiger partial charge in [0, 0.05) is 27.8 Å². The van der Waals surface area contributed by atoms with Crippen LogP contribution in [0.15, 0.2) is 47.2 Å². The van der Waals surface area contributed by atoms with E-state index in [0.29, 0.717) is 16.8 Å². The summed E-state index contributed by atoms with van der Waals surface area (Å²) in [5.74, 6) is 0.394. The molecule has 0 spiro atoms. The van der Waals surface area contributed by atoms with Crippen molar-refractivity contribution in [3.05, 3.63) is 58.6 Å². The average molecular weight is 362 g/mol. The predicted molar refractivity (Wildman–Crippen MR) is 87.1 cm³/mol. The molecule has 2 aromatic heterocycles. The molecule has 0 saturated heterocycles. The van der Waals surface area contributed by atoms with Crippen LogP contribution in [0.1, 0.15) is 18.6 Å². The van der Waals surface area contributed by atoms with Crippen molar-refractivity contribution in [2.45, 2.75) is 13.0 Å². The van der Waals surface area contributed by atoms with Gasteiger partial charge in [0.05, 0.1) is 5.52 Å². The third-order valence-corrected chi connectivity index (χ3v) is 3.72. The normalized spacial score (nSPS) is 12.3. The zero-order chi connectivity index (χ0) is 15.7. The number of fused-ring (bicyclic) bond motifs is 1. The molecule has 112 valence electrons. The molecule has 2 N–H and O–H groups in total. The SMILES string of the molecule is C[C@H](Oc1cc(Br)cnc1N)c1cc(F)cc2cccnc12. The van der Waals surface area contributed by atoms with Crippen molar-refractivity contribution < 1.29 is 9.13 Å². The van der Waals surface area contributed by atoms with E-state index in [1.165, 1.54) is 12.1 Å². The first-order valence-electron chi connectivity index (χ1n) is 6.66. The Bertz CT molecular complexity index is 841. The van der Waals surface area contributed by atoms with Crippen LogP contribution in [0, 0.1) is 5.82 Å². The van der Waals surface area contributed by atoms with E-state index in [2.05, 4.69) is 25.9 Å². The van der Waals surface area contributed by atoms with E-state index in [1.807, 2.05) is 13.0 Å². The number of hydrogen-bond acceptors (Lipinski definition) is 4. The fraction of sp³-hybridized carbons (Fsp3) is 0.125. The van der Waals surface area contributed by atoms with Crippen LogP contribution in [0.3, 0.4) is 0 Å². The Hall–Kier alpha value is -2.21. The molecular formula is C16H13BrFN3O. The molecule has 0 fully saturated rings. The van der Waals surface area contributed by atoms with Gasteiger partial charge in [0.1, 0.15) is 11.9 Å². The third-order valence-electron chi connectivity index (χ3n) is 3.29. The van der Waals surface area contributed by atoms with Crippen LogP contribution < -0.4 is 10.5 Å². The minimum Gasteiger partial charge on any atom is -0.482 e. The number of nitrogens with two attached hydrogens (primary N) is 1. The standard InChI is InChI=1S/C16H13BrFN3O/c1-9(22-14-6-11(17)8-21-16(14)19)13-7-12(18)5-10-3-2-4-20-15(10)13/h2-9H,1H3,(H2,19,21)/t9-/m0/s1. The smallest absolute Gasteiger partial charge is 0.166 e. The number of hydrogen-bond donors (Lipinski definition) is 1. The number of rotatable bonds is 3. The minimum absolute atomic E-state index is 0.281. The highest BCUT2D eigenvalue weighted by Gasteiger charge is 2.15. The lowest BCUT2D eigenvalue weighted by Gasteiger charge is -2.17. The van der Waals surface area contributed by atoms with Gasteiger partial charge in [0.15, 0.2) is 11.6 Å². The van der Waals surface area contributed by atoms with Crippen LogP contribution in [-0.4, -0.2) is 9.97 Å². The molecule has 3 rings (SSSR count). The quantitative estimate of drug-likeness (QED) is 0.757. The molecule has 3 aromatic rings. The van der Waals surface area contributed by atoms with Crippen LogP contribution in [0.25, 0.3) is 10.9 Å². The van der Waals surface area contributed by atoms with E-state index < -0.39 is 6.10 Å². The fourth-order valence-corrected chi connectivity index (χ4v) is 2.58. The lowest BCUT2D eigenvalue weighted by molar-refractivity contribution is 0.228. The van der Waals surface area contributed by atoms with E-state index in [1.54, 1.807) is 24.5 Å². The molecule has 0 aliphatic heterocycles. The molecule has 22 heavy (non-hydrogen) atoms. The molecule has 2 heterocycles. The first-order valence-corrected chi connectivity index (χ1v) is 7.46. The van der Waals surface area contributed by atoms with Crippen LogP contribution in [0.4, 0.5) is 10.2 Å². The number of benzene rings is 1. The summed E-state index contributed by atoms with van der Waals surface area (Å²) in [4.78, 5) is 8.34. The fourth-order valence-electron chi connectivity index (χ4n) is 2.27. The Labute approximate surface area is 135 Å². The van der Waals surface area contributed by atoms with Gasteiger partial charge in [0.2, 0.25) is 0 Å². The molecule has 1 aromatic carbocycles. The van der Waals surface area contributed by atoms with Gasteiger partial charge in [-0.3, -0.25) is 4.98 Å². The van der Waals surface area contributed by atoms with E-state index >= 15 is 0 Å².